The first-order valence-electron chi connectivity index (χ1n) is 9.06. The normalized spacial score (nSPS) is 38.6. The van der Waals surface area contributed by atoms with Crippen LogP contribution >= 0.6 is 0 Å². The van der Waals surface area contributed by atoms with Crippen molar-refractivity contribution in [2.75, 3.05) is 13.7 Å². The predicted octanol–water partition coefficient (Wildman–Crippen LogP) is 3.34. The van der Waals surface area contributed by atoms with Crippen molar-refractivity contribution in [3.05, 3.63) is 30.3 Å². The van der Waals surface area contributed by atoms with Crippen LogP contribution in [0.2, 0.25) is 0 Å². The molecule has 2 saturated carbocycles. The maximum Gasteiger partial charge on any atom is 0.195 e. The standard InChI is InChI=1S/C20H25FO4/c1-19(15(25-19)8-11-24-13-6-4-3-5-7-13)18-17(23-2)16(22)14(21)12-20(18)9-10-20/h3-7,14-15,17-18H,8-12H2,1-2H3/t14?,15-,17-,18-,19+/m1/s1. The minimum atomic E-state index is -1.40. The second kappa shape index (κ2) is 6.06. The van der Waals surface area contributed by atoms with Gasteiger partial charge in [0.1, 0.15) is 11.9 Å². The Balaban J connectivity index is 1.41. The third kappa shape index (κ3) is 2.87. The average Bonchev–Trinajstić information content (AvgIpc) is 3.51. The first-order chi connectivity index (χ1) is 12.0. The molecular formula is C20H25FO4. The number of benzene rings is 1. The molecule has 1 heterocycles. The van der Waals surface area contributed by atoms with E-state index < -0.39 is 23.7 Å². The molecule has 0 aromatic heterocycles. The lowest BCUT2D eigenvalue weighted by Crippen LogP contribution is -2.53. The summed E-state index contributed by atoms with van der Waals surface area (Å²) in [5, 5.41) is 0. The molecule has 1 unspecified atom stereocenters. The van der Waals surface area contributed by atoms with Crippen LogP contribution in [0.1, 0.15) is 32.6 Å². The smallest absolute Gasteiger partial charge is 0.195 e. The second-order valence-corrected chi connectivity index (χ2v) is 7.81. The third-order valence-electron chi connectivity index (χ3n) is 6.27. The van der Waals surface area contributed by atoms with Crippen LogP contribution in [-0.4, -0.2) is 43.5 Å². The lowest BCUT2D eigenvalue weighted by Gasteiger charge is -2.41. The Labute approximate surface area is 147 Å². The summed E-state index contributed by atoms with van der Waals surface area (Å²) in [6, 6.07) is 9.68. The molecule has 5 atom stereocenters. The summed E-state index contributed by atoms with van der Waals surface area (Å²) < 4.78 is 31.4. The van der Waals surface area contributed by atoms with Gasteiger partial charge in [-0.2, -0.15) is 0 Å². The molecule has 0 radical (unpaired) electrons. The highest BCUT2D eigenvalue weighted by Gasteiger charge is 2.71. The van der Waals surface area contributed by atoms with Crippen molar-refractivity contribution >= 4 is 5.78 Å². The number of carbonyl (C=O) groups excluding carboxylic acids is 1. The van der Waals surface area contributed by atoms with Gasteiger partial charge in [-0.3, -0.25) is 4.79 Å². The molecule has 25 heavy (non-hydrogen) atoms. The Morgan fingerprint density at radius 1 is 1.28 bits per heavy atom. The summed E-state index contributed by atoms with van der Waals surface area (Å²) in [6.45, 7) is 2.60. The highest BCUT2D eigenvalue weighted by molar-refractivity contribution is 5.89. The third-order valence-corrected chi connectivity index (χ3v) is 6.27. The number of rotatable bonds is 6. The Morgan fingerprint density at radius 3 is 2.64 bits per heavy atom. The maximum atomic E-state index is 14.1. The van der Waals surface area contributed by atoms with Gasteiger partial charge in [0.15, 0.2) is 12.0 Å². The fourth-order valence-electron chi connectivity index (χ4n) is 4.78. The minimum absolute atomic E-state index is 0.0281. The summed E-state index contributed by atoms with van der Waals surface area (Å²) in [6.07, 6.45) is 0.918. The highest BCUT2D eigenvalue weighted by Crippen LogP contribution is 2.67. The van der Waals surface area contributed by atoms with Crippen LogP contribution in [0.3, 0.4) is 0 Å². The number of alkyl halides is 1. The Morgan fingerprint density at radius 2 is 2.00 bits per heavy atom. The van der Waals surface area contributed by atoms with Crippen LogP contribution in [0.5, 0.6) is 5.75 Å². The van der Waals surface area contributed by atoms with Gasteiger partial charge >= 0.3 is 0 Å². The largest absolute Gasteiger partial charge is 0.493 e. The van der Waals surface area contributed by atoms with E-state index in [1.54, 1.807) is 0 Å². The molecule has 1 spiro atoms. The number of halogens is 1. The van der Waals surface area contributed by atoms with Crippen LogP contribution < -0.4 is 4.74 Å². The van der Waals surface area contributed by atoms with Gasteiger partial charge in [0.2, 0.25) is 0 Å². The molecule has 0 amide bonds. The number of epoxide rings is 1. The summed E-state index contributed by atoms with van der Waals surface area (Å²) in [5.74, 6) is 0.360. The van der Waals surface area contributed by atoms with E-state index in [1.807, 2.05) is 37.3 Å². The van der Waals surface area contributed by atoms with Gasteiger partial charge in [0.05, 0.1) is 18.3 Å². The molecule has 4 nitrogen and oxygen atoms in total. The van der Waals surface area contributed by atoms with Gasteiger partial charge in [0, 0.05) is 19.4 Å². The molecule has 136 valence electrons. The number of Topliss-reactive ketones (excluding diaryl/α,β-unsaturated/α-hetero) is 1. The van der Waals surface area contributed by atoms with Crippen molar-refractivity contribution in [2.24, 2.45) is 11.3 Å². The fraction of sp³-hybridized carbons (Fsp3) is 0.650. The highest BCUT2D eigenvalue weighted by atomic mass is 19.1. The van der Waals surface area contributed by atoms with Gasteiger partial charge in [-0.25, -0.2) is 4.39 Å². The predicted molar refractivity (Wildman–Crippen MR) is 90.3 cm³/mol. The Hall–Kier alpha value is -1.46. The maximum absolute atomic E-state index is 14.1. The lowest BCUT2D eigenvalue weighted by molar-refractivity contribution is -0.150. The number of hydrogen-bond donors (Lipinski definition) is 0. The van der Waals surface area contributed by atoms with E-state index >= 15 is 0 Å². The second-order valence-electron chi connectivity index (χ2n) is 7.81. The number of ether oxygens (including phenoxy) is 3. The molecule has 3 fully saturated rings. The Bertz CT molecular complexity index is 644. The number of ketones is 1. The topological polar surface area (TPSA) is 48.1 Å². The van der Waals surface area contributed by atoms with E-state index in [1.165, 1.54) is 7.11 Å². The van der Waals surface area contributed by atoms with Gasteiger partial charge in [-0.15, -0.1) is 0 Å². The summed E-state index contributed by atoms with van der Waals surface area (Å²) in [4.78, 5) is 12.3. The van der Waals surface area contributed by atoms with Crippen molar-refractivity contribution in [2.45, 2.75) is 56.6 Å². The van der Waals surface area contributed by atoms with Crippen LogP contribution in [-0.2, 0) is 14.3 Å². The van der Waals surface area contributed by atoms with Crippen molar-refractivity contribution in [1.82, 2.24) is 0 Å². The molecule has 4 rings (SSSR count). The first-order valence-corrected chi connectivity index (χ1v) is 9.06. The summed E-state index contributed by atoms with van der Waals surface area (Å²) in [5.41, 5.74) is -0.551. The van der Waals surface area contributed by atoms with Crippen LogP contribution in [0.4, 0.5) is 4.39 Å². The molecule has 5 heteroatoms. The van der Waals surface area contributed by atoms with Gasteiger partial charge < -0.3 is 14.2 Å². The van der Waals surface area contributed by atoms with E-state index in [9.17, 15) is 9.18 Å². The van der Waals surface area contributed by atoms with E-state index in [-0.39, 0.29) is 17.4 Å². The number of hydrogen-bond acceptors (Lipinski definition) is 4. The van der Waals surface area contributed by atoms with Crippen LogP contribution in [0, 0.1) is 11.3 Å². The fourth-order valence-corrected chi connectivity index (χ4v) is 4.78. The zero-order chi connectivity index (χ0) is 17.7. The first kappa shape index (κ1) is 17.0. The van der Waals surface area contributed by atoms with Crippen molar-refractivity contribution in [3.8, 4) is 5.75 Å². The molecule has 0 bridgehead atoms. The molecular weight excluding hydrogens is 323 g/mol. The lowest BCUT2D eigenvalue weighted by atomic mass is 9.66. The van der Waals surface area contributed by atoms with E-state index in [4.69, 9.17) is 14.2 Å². The minimum Gasteiger partial charge on any atom is -0.493 e. The van der Waals surface area contributed by atoms with E-state index in [0.29, 0.717) is 13.0 Å². The average molecular weight is 348 g/mol. The zero-order valence-corrected chi connectivity index (χ0v) is 14.7. The van der Waals surface area contributed by atoms with Crippen molar-refractivity contribution in [3.63, 3.8) is 0 Å². The van der Waals surface area contributed by atoms with Gasteiger partial charge in [0.25, 0.3) is 0 Å². The van der Waals surface area contributed by atoms with Crippen molar-refractivity contribution < 1.29 is 23.4 Å². The van der Waals surface area contributed by atoms with Crippen molar-refractivity contribution in [1.29, 1.82) is 0 Å². The number of carbonyl (C=O) groups is 1. The SMILES string of the molecule is CO[C@@H]1C(=O)C(F)CC2(CC2)[C@H]1[C@@]1(C)O[C@@H]1CCOc1ccccc1. The molecule has 1 saturated heterocycles. The summed E-state index contributed by atoms with van der Waals surface area (Å²) in [7, 11) is 1.50. The zero-order valence-electron chi connectivity index (χ0n) is 14.7. The summed E-state index contributed by atoms with van der Waals surface area (Å²) >= 11 is 0. The Kier molecular flexibility index (Phi) is 4.12. The molecule has 1 aliphatic heterocycles. The van der Waals surface area contributed by atoms with E-state index in [2.05, 4.69) is 0 Å². The molecule has 2 aliphatic carbocycles. The van der Waals surface area contributed by atoms with Gasteiger partial charge in [-0.1, -0.05) is 18.2 Å². The number of methoxy groups -OCH3 is 1. The quantitative estimate of drug-likeness (QED) is 0.740. The monoisotopic (exact) mass is 348 g/mol. The van der Waals surface area contributed by atoms with Crippen LogP contribution in [0.15, 0.2) is 30.3 Å². The van der Waals surface area contributed by atoms with E-state index in [0.717, 1.165) is 25.0 Å². The van der Waals surface area contributed by atoms with Crippen LogP contribution in [0.25, 0.3) is 0 Å². The molecule has 1 aromatic carbocycles. The molecule has 1 aromatic rings. The van der Waals surface area contributed by atoms with Gasteiger partial charge in [-0.05, 0) is 43.7 Å². The molecule has 3 aliphatic rings. The number of para-hydroxylation sites is 1. The molecule has 0 N–H and O–H groups in total.